The summed E-state index contributed by atoms with van der Waals surface area (Å²) < 4.78 is 6.58. The van der Waals surface area contributed by atoms with E-state index in [1.165, 1.54) is 0 Å². The maximum atomic E-state index is 11.8. The van der Waals surface area contributed by atoms with Gasteiger partial charge in [-0.2, -0.15) is 0 Å². The van der Waals surface area contributed by atoms with Crippen LogP contribution in [-0.4, -0.2) is 37.0 Å². The van der Waals surface area contributed by atoms with Crippen LogP contribution in [0.4, 0.5) is 0 Å². The summed E-state index contributed by atoms with van der Waals surface area (Å²) >= 11 is 3.48. The third kappa shape index (κ3) is 3.94. The molecule has 104 valence electrons. The zero-order chi connectivity index (χ0) is 13.8. The maximum Gasteiger partial charge on any atom is 0.260 e. The van der Waals surface area contributed by atoms with Crippen molar-refractivity contribution in [3.8, 4) is 5.75 Å². The molecule has 1 aromatic rings. The minimum atomic E-state index is 0.0331. The summed E-state index contributed by atoms with van der Waals surface area (Å²) in [5, 5.41) is 0. The molecular weight excluding hydrogens is 308 g/mol. The number of carbonyl (C=O) groups excluding carboxylic acids is 1. The zero-order valence-corrected chi connectivity index (χ0v) is 12.6. The fourth-order valence-corrected chi connectivity index (χ4v) is 2.35. The summed E-state index contributed by atoms with van der Waals surface area (Å²) in [6.45, 7) is 0.683. The molecule has 0 saturated heterocycles. The molecule has 0 aliphatic heterocycles. The molecule has 0 radical (unpaired) electrons. The molecule has 0 spiro atoms. The minimum Gasteiger partial charge on any atom is -0.484 e. The third-order valence-electron chi connectivity index (χ3n) is 3.28. The second kappa shape index (κ2) is 6.39. The summed E-state index contributed by atoms with van der Waals surface area (Å²) in [6, 6.07) is 6.14. The fraction of sp³-hybridized carbons (Fsp3) is 0.500. The highest BCUT2D eigenvalue weighted by molar-refractivity contribution is 9.10. The largest absolute Gasteiger partial charge is 0.484 e. The molecule has 2 rings (SSSR count). The Morgan fingerprint density at radius 2 is 2.26 bits per heavy atom. The monoisotopic (exact) mass is 326 g/mol. The summed E-state index contributed by atoms with van der Waals surface area (Å²) in [5.74, 6) is 0.745. The van der Waals surface area contributed by atoms with Crippen molar-refractivity contribution in [3.63, 3.8) is 0 Å². The molecule has 1 aliphatic rings. The van der Waals surface area contributed by atoms with Crippen molar-refractivity contribution in [1.82, 2.24) is 4.90 Å². The highest BCUT2D eigenvalue weighted by atomic mass is 79.9. The van der Waals surface area contributed by atoms with Crippen molar-refractivity contribution in [2.45, 2.75) is 25.3 Å². The summed E-state index contributed by atoms with van der Waals surface area (Å²) in [5.41, 5.74) is 6.66. The number of nitrogens with two attached hydrogens (primary N) is 1. The Kier molecular flexibility index (Phi) is 4.82. The number of carbonyl (C=O) groups is 1. The number of hydrogen-bond acceptors (Lipinski definition) is 3. The van der Waals surface area contributed by atoms with Crippen molar-refractivity contribution >= 4 is 21.8 Å². The average Bonchev–Trinajstić information content (AvgIpc) is 3.23. The molecule has 0 aromatic heterocycles. The molecule has 2 N–H and O–H groups in total. The molecular formula is C14H19BrN2O2. The van der Waals surface area contributed by atoms with Gasteiger partial charge in [0.2, 0.25) is 0 Å². The van der Waals surface area contributed by atoms with E-state index in [1.807, 2.05) is 25.2 Å². The summed E-state index contributed by atoms with van der Waals surface area (Å²) in [7, 11) is 1.84. The Balaban J connectivity index is 1.91. The van der Waals surface area contributed by atoms with Crippen LogP contribution in [0.5, 0.6) is 5.75 Å². The molecule has 1 amide bonds. The van der Waals surface area contributed by atoms with Gasteiger partial charge in [-0.15, -0.1) is 0 Å². The average molecular weight is 327 g/mol. The predicted molar refractivity (Wildman–Crippen MR) is 78.2 cm³/mol. The highest BCUT2D eigenvalue weighted by Crippen LogP contribution is 2.26. The van der Waals surface area contributed by atoms with Gasteiger partial charge >= 0.3 is 0 Å². The van der Waals surface area contributed by atoms with Crippen LogP contribution in [0.2, 0.25) is 0 Å². The summed E-state index contributed by atoms with van der Waals surface area (Å²) in [6.07, 6.45) is 3.01. The predicted octanol–water partition coefficient (Wildman–Crippen LogP) is 1.95. The number of likely N-dealkylation sites (N-methyl/N-ethyl adjacent to an activating group) is 1. The van der Waals surface area contributed by atoms with E-state index in [-0.39, 0.29) is 12.5 Å². The van der Waals surface area contributed by atoms with Gasteiger partial charge in [-0.25, -0.2) is 0 Å². The van der Waals surface area contributed by atoms with Crippen molar-refractivity contribution in [1.29, 1.82) is 0 Å². The quantitative estimate of drug-likeness (QED) is 0.869. The van der Waals surface area contributed by atoms with Crippen molar-refractivity contribution in [3.05, 3.63) is 28.2 Å². The Labute approximate surface area is 122 Å². The molecule has 1 fully saturated rings. The van der Waals surface area contributed by atoms with Crippen LogP contribution in [0, 0.1) is 0 Å². The van der Waals surface area contributed by atoms with E-state index >= 15 is 0 Å². The lowest BCUT2D eigenvalue weighted by Gasteiger charge is -2.16. The maximum absolute atomic E-state index is 11.8. The first-order valence-electron chi connectivity index (χ1n) is 6.48. The topological polar surface area (TPSA) is 55.6 Å². The van der Waals surface area contributed by atoms with Gasteiger partial charge in [0.1, 0.15) is 5.75 Å². The SMILES string of the molecule is CN(C(=O)COc1ccc(Br)c(CCN)c1)C1CC1. The Morgan fingerprint density at radius 3 is 2.89 bits per heavy atom. The van der Waals surface area contributed by atoms with Gasteiger partial charge in [-0.1, -0.05) is 15.9 Å². The Bertz CT molecular complexity index is 461. The smallest absolute Gasteiger partial charge is 0.260 e. The first-order valence-corrected chi connectivity index (χ1v) is 7.28. The first-order chi connectivity index (χ1) is 9.11. The van der Waals surface area contributed by atoms with Crippen LogP contribution in [-0.2, 0) is 11.2 Å². The van der Waals surface area contributed by atoms with E-state index in [0.29, 0.717) is 18.3 Å². The number of hydrogen-bond donors (Lipinski definition) is 1. The molecule has 5 heteroatoms. The molecule has 0 atom stereocenters. The van der Waals surface area contributed by atoms with E-state index in [4.69, 9.17) is 10.5 Å². The molecule has 4 nitrogen and oxygen atoms in total. The van der Waals surface area contributed by atoms with E-state index in [9.17, 15) is 4.79 Å². The number of benzene rings is 1. The van der Waals surface area contributed by atoms with E-state index in [1.54, 1.807) is 4.90 Å². The molecule has 0 unspecified atom stereocenters. The second-order valence-electron chi connectivity index (χ2n) is 4.82. The highest BCUT2D eigenvalue weighted by Gasteiger charge is 2.29. The molecule has 0 heterocycles. The molecule has 1 aliphatic carbocycles. The number of rotatable bonds is 6. The summed E-state index contributed by atoms with van der Waals surface area (Å²) in [4.78, 5) is 13.6. The van der Waals surface area contributed by atoms with Crippen molar-refractivity contribution in [2.75, 3.05) is 20.2 Å². The van der Waals surface area contributed by atoms with E-state index in [2.05, 4.69) is 15.9 Å². The van der Waals surface area contributed by atoms with Gasteiger partial charge in [0.15, 0.2) is 6.61 Å². The van der Waals surface area contributed by atoms with Gasteiger partial charge < -0.3 is 15.4 Å². The first kappa shape index (κ1) is 14.3. The zero-order valence-electron chi connectivity index (χ0n) is 11.1. The normalized spacial score (nSPS) is 14.3. The lowest BCUT2D eigenvalue weighted by Crippen LogP contribution is -2.33. The van der Waals surface area contributed by atoms with Crippen LogP contribution >= 0.6 is 15.9 Å². The van der Waals surface area contributed by atoms with Crippen LogP contribution < -0.4 is 10.5 Å². The standard InChI is InChI=1S/C14H19BrN2O2/c1-17(11-2-3-11)14(18)9-19-12-4-5-13(15)10(8-12)6-7-16/h4-5,8,11H,2-3,6-7,9,16H2,1H3. The van der Waals surface area contributed by atoms with Crippen molar-refractivity contribution < 1.29 is 9.53 Å². The number of amides is 1. The van der Waals surface area contributed by atoms with Gasteiger partial charge in [0, 0.05) is 17.6 Å². The third-order valence-corrected chi connectivity index (χ3v) is 4.05. The molecule has 19 heavy (non-hydrogen) atoms. The molecule has 1 saturated carbocycles. The molecule has 0 bridgehead atoms. The fourth-order valence-electron chi connectivity index (χ4n) is 1.90. The lowest BCUT2D eigenvalue weighted by atomic mass is 10.1. The van der Waals surface area contributed by atoms with Crippen LogP contribution in [0.15, 0.2) is 22.7 Å². The van der Waals surface area contributed by atoms with Crippen LogP contribution in [0.1, 0.15) is 18.4 Å². The molecule has 1 aromatic carbocycles. The Hall–Kier alpha value is -1.07. The minimum absolute atomic E-state index is 0.0331. The van der Waals surface area contributed by atoms with E-state index in [0.717, 1.165) is 29.3 Å². The van der Waals surface area contributed by atoms with Gasteiger partial charge in [-0.05, 0) is 49.6 Å². The Morgan fingerprint density at radius 1 is 1.53 bits per heavy atom. The van der Waals surface area contributed by atoms with Gasteiger partial charge in [0.25, 0.3) is 5.91 Å². The van der Waals surface area contributed by atoms with Crippen LogP contribution in [0.3, 0.4) is 0 Å². The number of nitrogens with zero attached hydrogens (tertiary/aromatic N) is 1. The van der Waals surface area contributed by atoms with Gasteiger partial charge in [-0.3, -0.25) is 4.79 Å². The van der Waals surface area contributed by atoms with E-state index < -0.39 is 0 Å². The number of halogens is 1. The van der Waals surface area contributed by atoms with Gasteiger partial charge in [0.05, 0.1) is 0 Å². The number of ether oxygens (including phenoxy) is 1. The van der Waals surface area contributed by atoms with Crippen LogP contribution in [0.25, 0.3) is 0 Å². The second-order valence-corrected chi connectivity index (χ2v) is 5.67. The lowest BCUT2D eigenvalue weighted by molar-refractivity contribution is -0.132. The van der Waals surface area contributed by atoms with Crippen molar-refractivity contribution in [2.24, 2.45) is 5.73 Å².